The van der Waals surface area contributed by atoms with Crippen molar-refractivity contribution >= 4 is 0 Å². The van der Waals surface area contributed by atoms with E-state index in [0.29, 0.717) is 30.9 Å². The summed E-state index contributed by atoms with van der Waals surface area (Å²) in [5.41, 5.74) is -0.0282. The first-order valence-corrected chi connectivity index (χ1v) is 8.08. The zero-order chi connectivity index (χ0) is 16.3. The molecule has 0 radical (unpaired) electrons. The van der Waals surface area contributed by atoms with Gasteiger partial charge in [-0.1, -0.05) is 13.8 Å². The average Bonchev–Trinajstić information content (AvgIpc) is 2.87. The molecule has 0 saturated carbocycles. The molecule has 124 valence electrons. The second-order valence-corrected chi connectivity index (χ2v) is 6.14. The van der Waals surface area contributed by atoms with Crippen molar-refractivity contribution < 1.29 is 9.84 Å². The largest absolute Gasteiger partial charge is 0.396 e. The number of aliphatic hydroxyl groups is 1. The Morgan fingerprint density at radius 2 is 2.09 bits per heavy atom. The summed E-state index contributed by atoms with van der Waals surface area (Å²) in [5.74, 6) is 0.400. The van der Waals surface area contributed by atoms with Crippen molar-refractivity contribution in [2.24, 2.45) is 5.92 Å². The molecule has 3 atom stereocenters. The first kappa shape index (κ1) is 17.0. The van der Waals surface area contributed by atoms with Gasteiger partial charge in [0, 0.05) is 24.9 Å². The van der Waals surface area contributed by atoms with Gasteiger partial charge in [-0.15, -0.1) is 0 Å². The van der Waals surface area contributed by atoms with Crippen LogP contribution in [0.5, 0.6) is 0 Å². The Kier molecular flexibility index (Phi) is 5.58. The van der Waals surface area contributed by atoms with Gasteiger partial charge in [-0.25, -0.2) is 4.79 Å². The first-order valence-electron chi connectivity index (χ1n) is 8.08. The number of aromatic nitrogens is 2. The van der Waals surface area contributed by atoms with Crippen molar-refractivity contribution in [1.29, 1.82) is 0 Å². The monoisotopic (exact) mass is 310 g/mol. The molecule has 1 aromatic heterocycles. The van der Waals surface area contributed by atoms with Crippen molar-refractivity contribution in [3.8, 4) is 0 Å². The number of unbranched alkanes of at least 4 members (excludes halogenated alkanes) is 1. The lowest BCUT2D eigenvalue weighted by molar-refractivity contribution is -0.00847. The summed E-state index contributed by atoms with van der Waals surface area (Å²) in [6.45, 7) is 6.32. The van der Waals surface area contributed by atoms with E-state index in [1.54, 1.807) is 17.7 Å². The number of aryl methyl sites for hydroxylation is 1. The van der Waals surface area contributed by atoms with Gasteiger partial charge in [-0.2, -0.15) is 0 Å². The highest BCUT2D eigenvalue weighted by atomic mass is 16.5. The summed E-state index contributed by atoms with van der Waals surface area (Å²) in [6.07, 6.45) is 4.36. The van der Waals surface area contributed by atoms with Gasteiger partial charge in [-0.3, -0.25) is 13.9 Å². The molecule has 6 nitrogen and oxygen atoms in total. The molecule has 1 N–H and O–H groups in total. The summed E-state index contributed by atoms with van der Waals surface area (Å²) in [6, 6.07) is 0. The fraction of sp³-hybridized carbons (Fsp3) is 0.750. The molecule has 0 aliphatic carbocycles. The average molecular weight is 310 g/mol. The molecule has 1 fully saturated rings. The second kappa shape index (κ2) is 7.24. The second-order valence-electron chi connectivity index (χ2n) is 6.14. The summed E-state index contributed by atoms with van der Waals surface area (Å²) in [7, 11) is 0. The maximum Gasteiger partial charge on any atom is 0.333 e. The zero-order valence-corrected chi connectivity index (χ0v) is 13.6. The zero-order valence-electron chi connectivity index (χ0n) is 13.6. The van der Waals surface area contributed by atoms with Crippen LogP contribution in [0.2, 0.25) is 0 Å². The van der Waals surface area contributed by atoms with E-state index in [2.05, 4.69) is 13.8 Å². The SMILES string of the molecule is CC[C@H]1O[C@@H](n2cc(C)c(=O)n(CCCCO)c2=O)C[C@@H]1C. The van der Waals surface area contributed by atoms with Crippen molar-refractivity contribution in [3.63, 3.8) is 0 Å². The minimum atomic E-state index is -0.317. The topological polar surface area (TPSA) is 73.5 Å². The molecule has 1 aromatic rings. The van der Waals surface area contributed by atoms with E-state index in [4.69, 9.17) is 9.84 Å². The standard InChI is InChI=1S/C16H26N2O4/c1-4-13-11(2)9-14(22-13)18-10-12(3)15(20)17(16(18)21)7-5-6-8-19/h10-11,13-14,19H,4-9H2,1-3H3/t11-,13+,14+/m0/s1. The molecular weight excluding hydrogens is 284 g/mol. The van der Waals surface area contributed by atoms with Crippen LogP contribution in [0.25, 0.3) is 0 Å². The van der Waals surface area contributed by atoms with Crippen molar-refractivity contribution in [2.75, 3.05) is 6.61 Å². The lowest BCUT2D eigenvalue weighted by atomic mass is 10.0. The molecule has 0 spiro atoms. The number of nitrogens with zero attached hydrogens (tertiary/aromatic N) is 2. The van der Waals surface area contributed by atoms with Crippen molar-refractivity contribution in [1.82, 2.24) is 9.13 Å². The molecule has 2 rings (SSSR count). The van der Waals surface area contributed by atoms with E-state index in [9.17, 15) is 9.59 Å². The Morgan fingerprint density at radius 1 is 1.36 bits per heavy atom. The molecule has 1 saturated heterocycles. The van der Waals surface area contributed by atoms with Gasteiger partial charge >= 0.3 is 5.69 Å². The number of aliphatic hydroxyl groups excluding tert-OH is 1. The van der Waals surface area contributed by atoms with Crippen LogP contribution in [0, 0.1) is 12.8 Å². The number of hydrogen-bond acceptors (Lipinski definition) is 4. The summed E-state index contributed by atoms with van der Waals surface area (Å²) in [4.78, 5) is 24.8. The molecular formula is C16H26N2O4. The molecule has 22 heavy (non-hydrogen) atoms. The van der Waals surface area contributed by atoms with Gasteiger partial charge in [0.1, 0.15) is 6.23 Å². The highest BCUT2D eigenvalue weighted by Crippen LogP contribution is 2.33. The fourth-order valence-corrected chi connectivity index (χ4v) is 3.08. The minimum Gasteiger partial charge on any atom is -0.396 e. The third kappa shape index (κ3) is 3.33. The third-order valence-corrected chi connectivity index (χ3v) is 4.41. The summed E-state index contributed by atoms with van der Waals surface area (Å²) < 4.78 is 8.79. The van der Waals surface area contributed by atoms with Crippen LogP contribution in [-0.2, 0) is 11.3 Å². The Bertz CT molecular complexity index is 620. The van der Waals surface area contributed by atoms with E-state index in [1.807, 2.05) is 0 Å². The first-order chi connectivity index (χ1) is 10.5. The van der Waals surface area contributed by atoms with E-state index in [-0.39, 0.29) is 30.2 Å². The van der Waals surface area contributed by atoms with Crippen molar-refractivity contribution in [2.45, 2.75) is 65.3 Å². The van der Waals surface area contributed by atoms with Gasteiger partial charge in [0.05, 0.1) is 6.10 Å². The fourth-order valence-electron chi connectivity index (χ4n) is 3.08. The van der Waals surface area contributed by atoms with E-state index in [1.165, 1.54) is 4.57 Å². The van der Waals surface area contributed by atoms with Crippen LogP contribution in [0.4, 0.5) is 0 Å². The lowest BCUT2D eigenvalue weighted by Gasteiger charge is -2.18. The Hall–Kier alpha value is -1.40. The van der Waals surface area contributed by atoms with Gasteiger partial charge in [-0.05, 0) is 38.5 Å². The highest BCUT2D eigenvalue weighted by molar-refractivity contribution is 5.03. The van der Waals surface area contributed by atoms with E-state index < -0.39 is 0 Å². The maximum atomic E-state index is 12.6. The molecule has 0 unspecified atom stereocenters. The predicted octanol–water partition coefficient (Wildman–Crippen LogP) is 1.42. The van der Waals surface area contributed by atoms with Crippen LogP contribution < -0.4 is 11.2 Å². The van der Waals surface area contributed by atoms with Crippen LogP contribution in [0.15, 0.2) is 15.8 Å². The molecule has 2 heterocycles. The smallest absolute Gasteiger partial charge is 0.333 e. The van der Waals surface area contributed by atoms with Crippen LogP contribution >= 0.6 is 0 Å². The summed E-state index contributed by atoms with van der Waals surface area (Å²) in [5, 5.41) is 8.86. The van der Waals surface area contributed by atoms with Crippen LogP contribution in [0.3, 0.4) is 0 Å². The Labute approximate surface area is 130 Å². The molecule has 1 aliphatic heterocycles. The van der Waals surface area contributed by atoms with Crippen LogP contribution in [-0.4, -0.2) is 27.0 Å². The highest BCUT2D eigenvalue weighted by Gasteiger charge is 2.33. The Balaban J connectivity index is 2.33. The molecule has 6 heteroatoms. The number of hydrogen-bond donors (Lipinski definition) is 1. The quantitative estimate of drug-likeness (QED) is 0.807. The molecule has 0 amide bonds. The Morgan fingerprint density at radius 3 is 2.68 bits per heavy atom. The van der Waals surface area contributed by atoms with Crippen LogP contribution in [0.1, 0.15) is 51.3 Å². The lowest BCUT2D eigenvalue weighted by Crippen LogP contribution is -2.42. The molecule has 0 bridgehead atoms. The molecule has 1 aliphatic rings. The maximum absolute atomic E-state index is 12.6. The minimum absolute atomic E-state index is 0.0657. The predicted molar refractivity (Wildman–Crippen MR) is 84.0 cm³/mol. The normalized spacial score (nSPS) is 24.8. The van der Waals surface area contributed by atoms with E-state index >= 15 is 0 Å². The molecule has 0 aromatic carbocycles. The number of ether oxygens (including phenoxy) is 1. The van der Waals surface area contributed by atoms with Crippen molar-refractivity contribution in [3.05, 3.63) is 32.6 Å². The van der Waals surface area contributed by atoms with E-state index in [0.717, 1.165) is 12.8 Å². The third-order valence-electron chi connectivity index (χ3n) is 4.41. The van der Waals surface area contributed by atoms with Gasteiger partial charge < -0.3 is 9.84 Å². The van der Waals surface area contributed by atoms with Gasteiger partial charge in [0.25, 0.3) is 5.56 Å². The van der Waals surface area contributed by atoms with Gasteiger partial charge in [0.2, 0.25) is 0 Å². The van der Waals surface area contributed by atoms with Gasteiger partial charge in [0.15, 0.2) is 0 Å². The summed E-state index contributed by atoms with van der Waals surface area (Å²) >= 11 is 0. The number of rotatable bonds is 6.